The van der Waals surface area contributed by atoms with Crippen LogP contribution in [0.15, 0.2) is 18.2 Å². The van der Waals surface area contributed by atoms with Gasteiger partial charge in [0.25, 0.3) is 0 Å². The average molecular weight is 308 g/mol. The number of carbonyl (C=O) groups is 1. The van der Waals surface area contributed by atoms with Gasteiger partial charge in [-0.1, -0.05) is 11.6 Å². The standard InChI is InChI=1S/C17H22ClNO2/c18-13-6-7-16(19-8-2-1-3-9-19)15(10-13)14(11-17(20)21)12-4-5-12/h6-7,10,12,14H,1-5,8-9,11H2,(H,20,21). The summed E-state index contributed by atoms with van der Waals surface area (Å²) in [4.78, 5) is 13.7. The molecular weight excluding hydrogens is 286 g/mol. The Labute approximate surface area is 130 Å². The lowest BCUT2D eigenvalue weighted by Crippen LogP contribution is -2.30. The molecule has 0 bridgehead atoms. The molecule has 2 fully saturated rings. The molecule has 114 valence electrons. The number of carboxylic acid groups (broad SMARTS) is 1. The summed E-state index contributed by atoms with van der Waals surface area (Å²) in [5.74, 6) is -0.0855. The maximum Gasteiger partial charge on any atom is 0.303 e. The number of hydrogen-bond acceptors (Lipinski definition) is 2. The SMILES string of the molecule is O=C(O)CC(c1cc(Cl)ccc1N1CCCCC1)C1CC1. The van der Waals surface area contributed by atoms with Crippen molar-refractivity contribution in [2.45, 2.75) is 44.4 Å². The number of anilines is 1. The van der Waals surface area contributed by atoms with Crippen LogP contribution in [-0.4, -0.2) is 24.2 Å². The Hall–Kier alpha value is -1.22. The number of hydrogen-bond donors (Lipinski definition) is 1. The zero-order valence-corrected chi connectivity index (χ0v) is 13.0. The Bertz CT molecular complexity index is 522. The quantitative estimate of drug-likeness (QED) is 0.881. The van der Waals surface area contributed by atoms with Crippen molar-refractivity contribution in [3.63, 3.8) is 0 Å². The van der Waals surface area contributed by atoms with Gasteiger partial charge in [0.15, 0.2) is 0 Å². The van der Waals surface area contributed by atoms with Gasteiger partial charge in [-0.15, -0.1) is 0 Å². The van der Waals surface area contributed by atoms with E-state index in [0.29, 0.717) is 10.9 Å². The third-order valence-corrected chi connectivity index (χ3v) is 4.91. The van der Waals surface area contributed by atoms with Gasteiger partial charge in [-0.05, 0) is 67.7 Å². The first-order valence-electron chi connectivity index (χ1n) is 7.91. The number of aliphatic carboxylic acids is 1. The summed E-state index contributed by atoms with van der Waals surface area (Å²) in [7, 11) is 0. The molecule has 1 N–H and O–H groups in total. The summed E-state index contributed by atoms with van der Waals surface area (Å²) in [5.41, 5.74) is 2.35. The molecule has 1 unspecified atom stereocenters. The van der Waals surface area contributed by atoms with E-state index in [1.807, 2.05) is 12.1 Å². The van der Waals surface area contributed by atoms with Crippen LogP contribution in [0.2, 0.25) is 5.02 Å². The van der Waals surface area contributed by atoms with Crippen LogP contribution >= 0.6 is 11.6 Å². The summed E-state index contributed by atoms with van der Waals surface area (Å²) in [5, 5.41) is 9.96. The molecule has 3 nitrogen and oxygen atoms in total. The smallest absolute Gasteiger partial charge is 0.303 e. The molecule has 1 aliphatic heterocycles. The molecule has 0 radical (unpaired) electrons. The van der Waals surface area contributed by atoms with Gasteiger partial charge in [0.1, 0.15) is 0 Å². The zero-order valence-electron chi connectivity index (χ0n) is 12.2. The van der Waals surface area contributed by atoms with Crippen molar-refractivity contribution in [1.29, 1.82) is 0 Å². The van der Waals surface area contributed by atoms with Crippen LogP contribution in [0, 0.1) is 5.92 Å². The van der Waals surface area contributed by atoms with Crippen molar-refractivity contribution < 1.29 is 9.90 Å². The molecule has 0 amide bonds. The van der Waals surface area contributed by atoms with E-state index in [1.165, 1.54) is 24.9 Å². The van der Waals surface area contributed by atoms with E-state index >= 15 is 0 Å². The van der Waals surface area contributed by atoms with Crippen molar-refractivity contribution >= 4 is 23.3 Å². The zero-order chi connectivity index (χ0) is 14.8. The van der Waals surface area contributed by atoms with E-state index in [4.69, 9.17) is 11.6 Å². The van der Waals surface area contributed by atoms with Crippen LogP contribution in [0.1, 0.15) is 50.0 Å². The van der Waals surface area contributed by atoms with Gasteiger partial charge in [0.05, 0.1) is 6.42 Å². The number of carboxylic acids is 1. The van der Waals surface area contributed by atoms with Gasteiger partial charge in [0, 0.05) is 23.8 Å². The summed E-state index contributed by atoms with van der Waals surface area (Å²) in [6.07, 6.45) is 6.23. The minimum Gasteiger partial charge on any atom is -0.481 e. The molecule has 0 aromatic heterocycles. The van der Waals surface area contributed by atoms with E-state index in [9.17, 15) is 9.90 Å². The second-order valence-electron chi connectivity index (χ2n) is 6.29. The van der Waals surface area contributed by atoms with Crippen molar-refractivity contribution in [2.75, 3.05) is 18.0 Å². The topological polar surface area (TPSA) is 40.5 Å². The van der Waals surface area contributed by atoms with Crippen molar-refractivity contribution in [3.8, 4) is 0 Å². The van der Waals surface area contributed by atoms with Gasteiger partial charge in [0.2, 0.25) is 0 Å². The number of piperidine rings is 1. The number of benzene rings is 1. The molecular formula is C17H22ClNO2. The Balaban J connectivity index is 1.93. The molecule has 1 heterocycles. The Kier molecular flexibility index (Phi) is 4.39. The second kappa shape index (κ2) is 6.27. The molecule has 1 aromatic carbocycles. The molecule has 2 aliphatic rings. The first-order valence-corrected chi connectivity index (χ1v) is 8.29. The predicted molar refractivity (Wildman–Crippen MR) is 85.2 cm³/mol. The molecule has 4 heteroatoms. The van der Waals surface area contributed by atoms with E-state index in [2.05, 4.69) is 11.0 Å². The molecule has 1 aliphatic carbocycles. The van der Waals surface area contributed by atoms with E-state index in [1.54, 1.807) is 0 Å². The fourth-order valence-electron chi connectivity index (χ4n) is 3.46. The van der Waals surface area contributed by atoms with E-state index < -0.39 is 5.97 Å². The van der Waals surface area contributed by atoms with Gasteiger partial charge >= 0.3 is 5.97 Å². The van der Waals surface area contributed by atoms with Gasteiger partial charge < -0.3 is 10.0 Å². The molecule has 21 heavy (non-hydrogen) atoms. The molecule has 3 rings (SSSR count). The summed E-state index contributed by atoms with van der Waals surface area (Å²) >= 11 is 6.20. The van der Waals surface area contributed by atoms with Crippen LogP contribution in [0.5, 0.6) is 0 Å². The third-order valence-electron chi connectivity index (χ3n) is 4.67. The highest BCUT2D eigenvalue weighted by atomic mass is 35.5. The Morgan fingerprint density at radius 1 is 1.29 bits per heavy atom. The molecule has 1 aromatic rings. The van der Waals surface area contributed by atoms with Crippen LogP contribution in [0.3, 0.4) is 0 Å². The van der Waals surface area contributed by atoms with Crippen LogP contribution < -0.4 is 4.90 Å². The molecule has 1 saturated heterocycles. The number of rotatable bonds is 5. The lowest BCUT2D eigenvalue weighted by molar-refractivity contribution is -0.137. The van der Waals surface area contributed by atoms with Gasteiger partial charge in [-0.3, -0.25) is 4.79 Å². The molecule has 1 atom stereocenters. The average Bonchev–Trinajstić information content (AvgIpc) is 3.30. The summed E-state index contributed by atoms with van der Waals surface area (Å²) in [6, 6.07) is 6.01. The lowest BCUT2D eigenvalue weighted by Gasteiger charge is -2.32. The normalized spacial score (nSPS) is 20.3. The van der Waals surface area contributed by atoms with Crippen LogP contribution in [0.25, 0.3) is 0 Å². The largest absolute Gasteiger partial charge is 0.481 e. The molecule has 1 saturated carbocycles. The van der Waals surface area contributed by atoms with Gasteiger partial charge in [-0.2, -0.15) is 0 Å². The second-order valence-corrected chi connectivity index (χ2v) is 6.73. The fourth-order valence-corrected chi connectivity index (χ4v) is 3.64. The highest BCUT2D eigenvalue weighted by Crippen LogP contribution is 2.47. The summed E-state index contributed by atoms with van der Waals surface area (Å²) in [6.45, 7) is 2.14. The van der Waals surface area contributed by atoms with Crippen LogP contribution in [0.4, 0.5) is 5.69 Å². The van der Waals surface area contributed by atoms with Crippen LogP contribution in [-0.2, 0) is 4.79 Å². The third kappa shape index (κ3) is 3.52. The highest BCUT2D eigenvalue weighted by molar-refractivity contribution is 6.30. The van der Waals surface area contributed by atoms with E-state index in [0.717, 1.165) is 31.5 Å². The maximum atomic E-state index is 11.2. The monoisotopic (exact) mass is 307 g/mol. The first kappa shape index (κ1) is 14.7. The Morgan fingerprint density at radius 2 is 2.00 bits per heavy atom. The lowest BCUT2D eigenvalue weighted by atomic mass is 9.89. The minimum absolute atomic E-state index is 0.109. The predicted octanol–water partition coefficient (Wildman–Crippen LogP) is 4.30. The first-order chi connectivity index (χ1) is 10.1. The number of nitrogens with zero attached hydrogens (tertiary/aromatic N) is 1. The van der Waals surface area contributed by atoms with E-state index in [-0.39, 0.29) is 12.3 Å². The van der Waals surface area contributed by atoms with Crippen molar-refractivity contribution in [2.24, 2.45) is 5.92 Å². The van der Waals surface area contributed by atoms with Crippen molar-refractivity contribution in [1.82, 2.24) is 0 Å². The van der Waals surface area contributed by atoms with Crippen molar-refractivity contribution in [3.05, 3.63) is 28.8 Å². The Morgan fingerprint density at radius 3 is 2.62 bits per heavy atom. The highest BCUT2D eigenvalue weighted by Gasteiger charge is 2.35. The maximum absolute atomic E-state index is 11.2. The van der Waals surface area contributed by atoms with Gasteiger partial charge in [-0.25, -0.2) is 0 Å². The minimum atomic E-state index is -0.712. The molecule has 0 spiro atoms. The number of halogens is 1. The summed E-state index contributed by atoms with van der Waals surface area (Å²) < 4.78 is 0. The fraction of sp³-hybridized carbons (Fsp3) is 0.588.